The highest BCUT2D eigenvalue weighted by Gasteiger charge is 2.28. The molecule has 7 heteroatoms. The number of hydrogen-bond acceptors (Lipinski definition) is 5. The lowest BCUT2D eigenvalue weighted by molar-refractivity contribution is -0.122. The second-order valence-electron chi connectivity index (χ2n) is 10.1. The number of hydrogen-bond donors (Lipinski definition) is 0. The summed E-state index contributed by atoms with van der Waals surface area (Å²) in [6, 6.07) is 7.98. The van der Waals surface area contributed by atoms with Gasteiger partial charge in [0.05, 0.1) is 34.7 Å². The van der Waals surface area contributed by atoms with E-state index in [0.717, 1.165) is 38.5 Å². The molecule has 1 atom stereocenters. The van der Waals surface area contributed by atoms with E-state index < -0.39 is 6.04 Å². The van der Waals surface area contributed by atoms with Crippen LogP contribution in [0.4, 0.5) is 0 Å². The molecule has 3 aromatic rings. The summed E-state index contributed by atoms with van der Waals surface area (Å²) in [6.45, 7) is 0. The second-order valence-corrected chi connectivity index (χ2v) is 10.6. The molecule has 2 heterocycles. The Kier molecular flexibility index (Phi) is 7.09. The summed E-state index contributed by atoms with van der Waals surface area (Å²) in [4.78, 5) is 48.4. The third kappa shape index (κ3) is 5.69. The molecule has 2 aromatic heterocycles. The summed E-state index contributed by atoms with van der Waals surface area (Å²) in [6.07, 6.45) is 12.3. The lowest BCUT2D eigenvalue weighted by atomic mass is 9.83. The first-order chi connectivity index (χ1) is 17.0. The van der Waals surface area contributed by atoms with Gasteiger partial charge in [-0.2, -0.15) is 0 Å². The van der Waals surface area contributed by atoms with Gasteiger partial charge in [0, 0.05) is 23.9 Å². The predicted molar refractivity (Wildman–Crippen MR) is 136 cm³/mol. The molecule has 35 heavy (non-hydrogen) atoms. The van der Waals surface area contributed by atoms with E-state index in [1.165, 1.54) is 23.5 Å². The van der Waals surface area contributed by atoms with Crippen LogP contribution in [-0.4, -0.2) is 26.1 Å². The number of halogens is 1. The molecule has 1 aromatic carbocycles. The highest BCUT2D eigenvalue weighted by atomic mass is 35.5. The zero-order chi connectivity index (χ0) is 24.4. The third-order valence-electron chi connectivity index (χ3n) is 7.41. The summed E-state index contributed by atoms with van der Waals surface area (Å²) in [5.41, 5.74) is 1.48. The van der Waals surface area contributed by atoms with E-state index in [1.54, 1.807) is 30.3 Å². The minimum Gasteiger partial charge on any atom is -0.297 e. The lowest BCUT2D eigenvalue weighted by Gasteiger charge is -2.27. The van der Waals surface area contributed by atoms with Crippen molar-refractivity contribution in [2.45, 2.75) is 70.3 Å². The molecule has 0 radical (unpaired) electrons. The summed E-state index contributed by atoms with van der Waals surface area (Å²) in [5.74, 6) is 0.952. The Labute approximate surface area is 209 Å². The summed E-state index contributed by atoms with van der Waals surface area (Å²) < 4.78 is 1.50. The second kappa shape index (κ2) is 10.4. The topological polar surface area (TPSA) is 81.9 Å². The van der Waals surface area contributed by atoms with Crippen molar-refractivity contribution >= 4 is 34.1 Å². The Bertz CT molecular complexity index is 1290. The van der Waals surface area contributed by atoms with E-state index in [4.69, 9.17) is 11.6 Å². The van der Waals surface area contributed by atoms with Crippen LogP contribution in [0.25, 0.3) is 10.9 Å². The fourth-order valence-electron chi connectivity index (χ4n) is 5.18. The van der Waals surface area contributed by atoms with Crippen molar-refractivity contribution in [2.24, 2.45) is 11.8 Å². The van der Waals surface area contributed by atoms with Gasteiger partial charge >= 0.3 is 0 Å². The molecular formula is C28H30ClN3O3. The minimum atomic E-state index is -0.601. The van der Waals surface area contributed by atoms with Crippen LogP contribution in [-0.2, 0) is 11.2 Å². The van der Waals surface area contributed by atoms with Gasteiger partial charge in [-0.1, -0.05) is 49.8 Å². The Hall–Kier alpha value is -2.86. The zero-order valence-electron chi connectivity index (χ0n) is 19.8. The van der Waals surface area contributed by atoms with Crippen LogP contribution in [0.3, 0.4) is 0 Å². The van der Waals surface area contributed by atoms with Gasteiger partial charge in [0.15, 0.2) is 11.6 Å². The number of Topliss-reactive ketones (excluding diaryl/α,β-unsaturated/α-hetero) is 2. The van der Waals surface area contributed by atoms with E-state index in [1.807, 2.05) is 0 Å². The number of nitrogens with zero attached hydrogens (tertiary/aromatic N) is 3. The van der Waals surface area contributed by atoms with Crippen LogP contribution in [0.1, 0.15) is 79.9 Å². The third-order valence-corrected chi connectivity index (χ3v) is 7.63. The van der Waals surface area contributed by atoms with Crippen LogP contribution in [0, 0.1) is 11.8 Å². The van der Waals surface area contributed by atoms with Crippen LogP contribution in [0.5, 0.6) is 0 Å². The van der Waals surface area contributed by atoms with Crippen LogP contribution in [0.15, 0.2) is 47.7 Å². The maximum absolute atomic E-state index is 13.5. The molecule has 2 saturated carbocycles. The number of benzene rings is 1. The van der Waals surface area contributed by atoms with Crippen LogP contribution >= 0.6 is 11.6 Å². The quantitative estimate of drug-likeness (QED) is 0.356. The number of carbonyl (C=O) groups excluding carboxylic acids is 2. The van der Waals surface area contributed by atoms with Gasteiger partial charge in [-0.25, -0.2) is 4.98 Å². The summed E-state index contributed by atoms with van der Waals surface area (Å²) in [5, 5.41) is 0.950. The summed E-state index contributed by atoms with van der Waals surface area (Å²) >= 11 is 5.95. The highest BCUT2D eigenvalue weighted by Crippen LogP contribution is 2.34. The molecule has 0 aliphatic heterocycles. The average molecular weight is 492 g/mol. The highest BCUT2D eigenvalue weighted by molar-refractivity contribution is 6.30. The maximum atomic E-state index is 13.5. The first-order valence-corrected chi connectivity index (χ1v) is 13.0. The van der Waals surface area contributed by atoms with Crippen LogP contribution in [0.2, 0.25) is 5.02 Å². The first kappa shape index (κ1) is 23.9. The Morgan fingerprint density at radius 2 is 1.80 bits per heavy atom. The number of carbonyl (C=O) groups is 2. The fraction of sp³-hybridized carbons (Fsp3) is 0.464. The molecule has 0 amide bonds. The summed E-state index contributed by atoms with van der Waals surface area (Å²) in [7, 11) is 0. The van der Waals surface area contributed by atoms with Gasteiger partial charge in [-0.3, -0.25) is 23.9 Å². The Morgan fingerprint density at radius 1 is 1.00 bits per heavy atom. The van der Waals surface area contributed by atoms with Crippen molar-refractivity contribution in [1.29, 1.82) is 0 Å². The molecular weight excluding hydrogens is 462 g/mol. The molecule has 2 aliphatic carbocycles. The minimum absolute atomic E-state index is 0.0510. The zero-order valence-corrected chi connectivity index (χ0v) is 20.5. The normalized spacial score (nSPS) is 17.4. The predicted octanol–water partition coefficient (Wildman–Crippen LogP) is 5.75. The number of ketones is 2. The maximum Gasteiger partial charge on any atom is 0.261 e. The van der Waals surface area contributed by atoms with Gasteiger partial charge < -0.3 is 0 Å². The fourth-order valence-corrected chi connectivity index (χ4v) is 5.29. The molecule has 182 valence electrons. The van der Waals surface area contributed by atoms with Crippen molar-refractivity contribution in [3.8, 4) is 0 Å². The monoisotopic (exact) mass is 491 g/mol. The van der Waals surface area contributed by atoms with Gasteiger partial charge in [0.25, 0.3) is 5.56 Å². The van der Waals surface area contributed by atoms with E-state index in [-0.39, 0.29) is 23.5 Å². The molecule has 2 fully saturated rings. The number of rotatable bonds is 9. The molecule has 2 aliphatic rings. The first-order valence-electron chi connectivity index (χ1n) is 12.6. The molecule has 0 saturated heterocycles. The number of pyridine rings is 1. The Morgan fingerprint density at radius 3 is 2.51 bits per heavy atom. The molecule has 6 nitrogen and oxygen atoms in total. The van der Waals surface area contributed by atoms with E-state index in [2.05, 4.69) is 9.97 Å². The van der Waals surface area contributed by atoms with E-state index in [9.17, 15) is 14.4 Å². The lowest BCUT2D eigenvalue weighted by Crippen LogP contribution is -2.33. The van der Waals surface area contributed by atoms with Gasteiger partial charge in [0.2, 0.25) is 0 Å². The van der Waals surface area contributed by atoms with Crippen LogP contribution < -0.4 is 5.56 Å². The average Bonchev–Trinajstić information content (AvgIpc) is 3.69. The Balaban J connectivity index is 1.45. The van der Waals surface area contributed by atoms with Gasteiger partial charge in [-0.15, -0.1) is 0 Å². The van der Waals surface area contributed by atoms with Crippen molar-refractivity contribution < 1.29 is 9.59 Å². The van der Waals surface area contributed by atoms with Crippen molar-refractivity contribution in [3.05, 3.63) is 69.5 Å². The molecule has 0 spiro atoms. The van der Waals surface area contributed by atoms with E-state index in [0.29, 0.717) is 51.9 Å². The van der Waals surface area contributed by atoms with Crippen molar-refractivity contribution in [3.63, 3.8) is 0 Å². The molecule has 5 rings (SSSR count). The molecule has 1 unspecified atom stereocenters. The smallest absolute Gasteiger partial charge is 0.261 e. The standard InChI is InChI=1S/C28H30ClN3O3/c29-21-9-10-22(30-16-21)15-27(34)25(12-18-4-2-1-3-5-18)32-17-31-24-14-20(8-11-23(24)28(32)35)26(33)13-19-6-7-19/h8-11,14,16-19,25H,1-7,12-13,15H2. The van der Waals surface area contributed by atoms with Gasteiger partial charge in [-0.05, 0) is 55.4 Å². The SMILES string of the molecule is O=C(CC1CC1)c1ccc2c(=O)n(C(CC3CCCCC3)C(=O)Cc3ccc(Cl)cn3)cnc2c1. The number of fused-ring (bicyclic) bond motifs is 1. The molecule has 0 bridgehead atoms. The van der Waals surface area contributed by atoms with E-state index >= 15 is 0 Å². The largest absolute Gasteiger partial charge is 0.297 e. The van der Waals surface area contributed by atoms with Crippen molar-refractivity contribution in [1.82, 2.24) is 14.5 Å². The van der Waals surface area contributed by atoms with Crippen molar-refractivity contribution in [2.75, 3.05) is 0 Å². The van der Waals surface area contributed by atoms with Gasteiger partial charge in [0.1, 0.15) is 0 Å². The molecule has 0 N–H and O–H groups in total. The number of aromatic nitrogens is 3.